The first-order valence-corrected chi connectivity index (χ1v) is 8.74. The number of methoxy groups -OCH3 is 1. The summed E-state index contributed by atoms with van der Waals surface area (Å²) in [6.45, 7) is 4.37. The normalized spacial score (nSPS) is 14.0. The van der Waals surface area contributed by atoms with Crippen molar-refractivity contribution in [2.24, 2.45) is 0 Å². The van der Waals surface area contributed by atoms with Crippen molar-refractivity contribution in [3.8, 4) is 5.75 Å². The third-order valence-corrected chi connectivity index (χ3v) is 5.05. The fraction of sp³-hybridized carbons (Fsp3) is 0.286. The number of benzene rings is 2. The molecule has 0 saturated heterocycles. The lowest BCUT2D eigenvalue weighted by molar-refractivity contribution is 0.0771. The summed E-state index contributed by atoms with van der Waals surface area (Å²) in [5, 5.41) is 1.12. The van der Waals surface area contributed by atoms with Crippen LogP contribution >= 0.6 is 0 Å². The van der Waals surface area contributed by atoms with E-state index in [1.807, 2.05) is 36.1 Å². The van der Waals surface area contributed by atoms with Gasteiger partial charge in [-0.3, -0.25) is 4.79 Å². The molecule has 4 nitrogen and oxygen atoms in total. The summed E-state index contributed by atoms with van der Waals surface area (Å²) in [5.74, 6) is 1.01. The molecule has 1 amide bonds. The molecule has 0 N–H and O–H groups in total. The smallest absolute Gasteiger partial charge is 0.254 e. The van der Waals surface area contributed by atoms with E-state index < -0.39 is 0 Å². The maximum Gasteiger partial charge on any atom is 0.254 e. The Labute approximate surface area is 147 Å². The van der Waals surface area contributed by atoms with Gasteiger partial charge in [-0.05, 0) is 48.7 Å². The van der Waals surface area contributed by atoms with Crippen molar-refractivity contribution in [3.63, 3.8) is 0 Å². The van der Waals surface area contributed by atoms with Gasteiger partial charge in [0.05, 0.1) is 7.11 Å². The van der Waals surface area contributed by atoms with Crippen molar-refractivity contribution in [1.82, 2.24) is 9.47 Å². The summed E-state index contributed by atoms with van der Waals surface area (Å²) in [6, 6.07) is 14.2. The Balaban J connectivity index is 1.77. The molecule has 1 aromatic heterocycles. The minimum absolute atomic E-state index is 0.147. The summed E-state index contributed by atoms with van der Waals surface area (Å²) < 4.78 is 7.49. The Morgan fingerprint density at radius 1 is 1.12 bits per heavy atom. The van der Waals surface area contributed by atoms with Crippen LogP contribution in [0.15, 0.2) is 48.7 Å². The first-order valence-electron chi connectivity index (χ1n) is 8.74. The molecule has 0 unspecified atom stereocenters. The number of hydrogen-bond donors (Lipinski definition) is 0. The van der Waals surface area contributed by atoms with Crippen LogP contribution in [0.1, 0.15) is 28.4 Å². The van der Waals surface area contributed by atoms with Gasteiger partial charge in [-0.25, -0.2) is 0 Å². The lowest BCUT2D eigenvalue weighted by Gasteiger charge is -2.19. The predicted octanol–water partition coefficient (Wildman–Crippen LogP) is 3.72. The van der Waals surface area contributed by atoms with Crippen molar-refractivity contribution in [3.05, 3.63) is 65.4 Å². The fourth-order valence-corrected chi connectivity index (χ4v) is 3.69. The van der Waals surface area contributed by atoms with Gasteiger partial charge in [0, 0.05) is 42.3 Å². The van der Waals surface area contributed by atoms with E-state index in [0.717, 1.165) is 48.3 Å². The molecule has 25 heavy (non-hydrogen) atoms. The second-order valence-electron chi connectivity index (χ2n) is 6.46. The monoisotopic (exact) mass is 334 g/mol. The third kappa shape index (κ3) is 2.68. The van der Waals surface area contributed by atoms with Crippen LogP contribution in [0.5, 0.6) is 5.75 Å². The zero-order chi connectivity index (χ0) is 17.4. The van der Waals surface area contributed by atoms with E-state index in [4.69, 9.17) is 4.74 Å². The molecule has 0 aliphatic carbocycles. The van der Waals surface area contributed by atoms with E-state index in [-0.39, 0.29) is 5.91 Å². The first kappa shape index (κ1) is 15.8. The molecular weight excluding hydrogens is 312 g/mol. The number of hydrogen-bond acceptors (Lipinski definition) is 2. The Kier molecular flexibility index (Phi) is 3.96. The van der Waals surface area contributed by atoms with Crippen LogP contribution in [-0.4, -0.2) is 35.6 Å². The molecule has 0 saturated carbocycles. The standard InChI is InChI=1S/C21H22N2O2/c1-3-22-12-11-16-14-23(13-15-7-9-17(25-2)10-8-15)19-6-4-5-18(20(16)19)21(22)24/h4-10,14H,3,11-13H2,1-2H3. The molecule has 4 rings (SSSR count). The highest BCUT2D eigenvalue weighted by atomic mass is 16.5. The summed E-state index contributed by atoms with van der Waals surface area (Å²) >= 11 is 0. The second kappa shape index (κ2) is 6.28. The molecule has 3 aromatic rings. The van der Waals surface area contributed by atoms with Crippen LogP contribution in [0.2, 0.25) is 0 Å². The van der Waals surface area contributed by atoms with E-state index in [1.54, 1.807) is 7.11 Å². The molecule has 2 aromatic carbocycles. The Morgan fingerprint density at radius 2 is 1.92 bits per heavy atom. The van der Waals surface area contributed by atoms with E-state index in [2.05, 4.69) is 29.0 Å². The molecule has 4 heteroatoms. The number of likely N-dealkylation sites (N-methyl/N-ethyl adjacent to an activating group) is 1. The molecule has 128 valence electrons. The average molecular weight is 334 g/mol. The summed E-state index contributed by atoms with van der Waals surface area (Å²) in [7, 11) is 1.68. The van der Waals surface area contributed by atoms with Crippen LogP contribution in [0, 0.1) is 0 Å². The topological polar surface area (TPSA) is 34.5 Å². The van der Waals surface area contributed by atoms with Gasteiger partial charge in [-0.15, -0.1) is 0 Å². The number of aromatic nitrogens is 1. The van der Waals surface area contributed by atoms with E-state index in [0.29, 0.717) is 0 Å². The highest BCUT2D eigenvalue weighted by Crippen LogP contribution is 2.30. The first-order chi connectivity index (χ1) is 12.2. The predicted molar refractivity (Wildman–Crippen MR) is 99.3 cm³/mol. The van der Waals surface area contributed by atoms with Crippen LogP contribution in [0.3, 0.4) is 0 Å². The van der Waals surface area contributed by atoms with E-state index in [9.17, 15) is 4.79 Å². The summed E-state index contributed by atoms with van der Waals surface area (Å²) in [4.78, 5) is 14.7. The minimum atomic E-state index is 0.147. The second-order valence-corrected chi connectivity index (χ2v) is 6.46. The minimum Gasteiger partial charge on any atom is -0.497 e. The van der Waals surface area contributed by atoms with Gasteiger partial charge >= 0.3 is 0 Å². The van der Waals surface area contributed by atoms with Gasteiger partial charge in [0.2, 0.25) is 0 Å². The van der Waals surface area contributed by atoms with Crippen LogP contribution in [0.25, 0.3) is 10.9 Å². The lowest BCUT2D eigenvalue weighted by atomic mass is 10.1. The number of rotatable bonds is 4. The highest BCUT2D eigenvalue weighted by Gasteiger charge is 2.24. The Hall–Kier alpha value is -2.75. The third-order valence-electron chi connectivity index (χ3n) is 5.05. The van der Waals surface area contributed by atoms with Gasteiger partial charge in [0.1, 0.15) is 5.75 Å². The molecular formula is C21H22N2O2. The zero-order valence-corrected chi connectivity index (χ0v) is 14.7. The summed E-state index contributed by atoms with van der Waals surface area (Å²) in [6.07, 6.45) is 3.12. The van der Waals surface area contributed by atoms with Crippen LogP contribution < -0.4 is 4.74 Å². The molecule has 0 radical (unpaired) electrons. The molecule has 0 bridgehead atoms. The number of amides is 1. The maximum absolute atomic E-state index is 12.8. The average Bonchev–Trinajstić information content (AvgIpc) is 2.93. The van der Waals surface area contributed by atoms with Crippen molar-refractivity contribution in [2.75, 3.05) is 20.2 Å². The quantitative estimate of drug-likeness (QED) is 0.729. The molecule has 0 fully saturated rings. The molecule has 2 heterocycles. The van der Waals surface area contributed by atoms with Crippen LogP contribution in [0.4, 0.5) is 0 Å². The maximum atomic E-state index is 12.8. The SMILES string of the molecule is CCN1CCc2cn(Cc3ccc(OC)cc3)c3cccc(c23)C1=O. The van der Waals surface area contributed by atoms with E-state index >= 15 is 0 Å². The Bertz CT molecular complexity index is 925. The van der Waals surface area contributed by atoms with Gasteiger partial charge in [0.15, 0.2) is 0 Å². The van der Waals surface area contributed by atoms with Crippen molar-refractivity contribution >= 4 is 16.8 Å². The number of carbonyl (C=O) groups excluding carboxylic acids is 1. The molecule has 0 atom stereocenters. The summed E-state index contributed by atoms with van der Waals surface area (Å²) in [5.41, 5.74) is 4.45. The number of nitrogens with zero attached hydrogens (tertiary/aromatic N) is 2. The van der Waals surface area contributed by atoms with Gasteiger partial charge in [-0.2, -0.15) is 0 Å². The zero-order valence-electron chi connectivity index (χ0n) is 14.7. The Morgan fingerprint density at radius 3 is 2.64 bits per heavy atom. The van der Waals surface area contributed by atoms with Crippen molar-refractivity contribution < 1.29 is 9.53 Å². The largest absolute Gasteiger partial charge is 0.497 e. The van der Waals surface area contributed by atoms with Gasteiger partial charge in [0.25, 0.3) is 5.91 Å². The van der Waals surface area contributed by atoms with E-state index in [1.165, 1.54) is 11.1 Å². The molecule has 1 aliphatic rings. The molecule has 1 aliphatic heterocycles. The van der Waals surface area contributed by atoms with Crippen molar-refractivity contribution in [1.29, 1.82) is 0 Å². The number of carbonyl (C=O) groups is 1. The van der Waals surface area contributed by atoms with Crippen LogP contribution in [-0.2, 0) is 13.0 Å². The van der Waals surface area contributed by atoms with Gasteiger partial charge < -0.3 is 14.2 Å². The number of ether oxygens (including phenoxy) is 1. The van der Waals surface area contributed by atoms with Gasteiger partial charge in [-0.1, -0.05) is 18.2 Å². The van der Waals surface area contributed by atoms with Crippen molar-refractivity contribution in [2.45, 2.75) is 19.9 Å². The molecule has 0 spiro atoms. The fourth-order valence-electron chi connectivity index (χ4n) is 3.69. The highest BCUT2D eigenvalue weighted by molar-refractivity contribution is 6.08. The lowest BCUT2D eigenvalue weighted by Crippen LogP contribution is -2.31.